The van der Waals surface area contributed by atoms with E-state index in [2.05, 4.69) is 129 Å². The average molecular weight is 1150 g/mol. The topological polar surface area (TPSA) is 105 Å². The van der Waals surface area contributed by atoms with Crippen molar-refractivity contribution in [1.82, 2.24) is 5.32 Å². The van der Waals surface area contributed by atoms with Gasteiger partial charge in [-0.2, -0.15) is 0 Å². The van der Waals surface area contributed by atoms with E-state index in [-0.39, 0.29) is 19.1 Å². The van der Waals surface area contributed by atoms with Crippen LogP contribution >= 0.6 is 7.82 Å². The van der Waals surface area contributed by atoms with Gasteiger partial charge in [0.15, 0.2) is 0 Å². The Labute approximate surface area is 501 Å². The summed E-state index contributed by atoms with van der Waals surface area (Å²) in [6.45, 7) is 4.67. The number of allylic oxidation sites excluding steroid dienone is 19. The van der Waals surface area contributed by atoms with Crippen molar-refractivity contribution in [2.75, 3.05) is 40.9 Å². The molecule has 0 aliphatic heterocycles. The second-order valence-electron chi connectivity index (χ2n) is 23.5. The molecule has 9 heteroatoms. The Morgan fingerprint density at radius 1 is 0.432 bits per heavy atom. The van der Waals surface area contributed by atoms with E-state index in [0.717, 1.165) is 103 Å². The van der Waals surface area contributed by atoms with E-state index in [4.69, 9.17) is 9.05 Å². The van der Waals surface area contributed by atoms with Crippen LogP contribution < -0.4 is 5.32 Å². The summed E-state index contributed by atoms with van der Waals surface area (Å²) in [7, 11) is 1.52. The summed E-state index contributed by atoms with van der Waals surface area (Å²) in [4.78, 5) is 23.4. The molecule has 466 valence electrons. The molecule has 0 spiro atoms. The fourth-order valence-corrected chi connectivity index (χ4v) is 9.99. The zero-order chi connectivity index (χ0) is 59.1. The van der Waals surface area contributed by atoms with Gasteiger partial charge in [-0.05, 0) is 96.3 Å². The lowest BCUT2D eigenvalue weighted by Crippen LogP contribution is -2.45. The van der Waals surface area contributed by atoms with Gasteiger partial charge in [0.05, 0.1) is 39.9 Å². The summed E-state index contributed by atoms with van der Waals surface area (Å²) in [6, 6.07) is -0.889. The van der Waals surface area contributed by atoms with E-state index in [0.29, 0.717) is 17.4 Å². The summed E-state index contributed by atoms with van der Waals surface area (Å²) in [5, 5.41) is 14.0. The summed E-state index contributed by atoms with van der Waals surface area (Å²) in [6.07, 6.45) is 92.0. The van der Waals surface area contributed by atoms with Crippen molar-refractivity contribution in [3.05, 3.63) is 122 Å². The van der Waals surface area contributed by atoms with Gasteiger partial charge in [0.2, 0.25) is 5.91 Å². The number of nitrogens with one attached hydrogen (secondary N) is 1. The normalized spacial score (nSPS) is 14.5. The number of carbonyl (C=O) groups excluding carboxylic acids is 1. The highest BCUT2D eigenvalue weighted by atomic mass is 31.2. The van der Waals surface area contributed by atoms with Gasteiger partial charge in [0.25, 0.3) is 0 Å². The van der Waals surface area contributed by atoms with E-state index < -0.39 is 20.0 Å². The van der Waals surface area contributed by atoms with Crippen LogP contribution in [0.4, 0.5) is 0 Å². The van der Waals surface area contributed by atoms with Crippen LogP contribution in [0.2, 0.25) is 0 Å². The summed E-state index contributed by atoms with van der Waals surface area (Å²) >= 11 is 0. The molecule has 0 aliphatic carbocycles. The number of phosphoric ester groups is 1. The Morgan fingerprint density at radius 3 is 1.14 bits per heavy atom. The van der Waals surface area contributed by atoms with Crippen LogP contribution in [-0.4, -0.2) is 73.4 Å². The number of hydrogen-bond donors (Lipinski definition) is 3. The van der Waals surface area contributed by atoms with Gasteiger partial charge in [0, 0.05) is 6.42 Å². The Hall–Kier alpha value is -3.10. The van der Waals surface area contributed by atoms with E-state index in [1.165, 1.54) is 154 Å². The Kier molecular flexibility index (Phi) is 59.1. The largest absolute Gasteiger partial charge is 0.472 e. The number of carbonyl (C=O) groups is 1. The molecule has 0 saturated heterocycles. The molecule has 0 aromatic carbocycles. The van der Waals surface area contributed by atoms with Crippen LogP contribution in [0.15, 0.2) is 122 Å². The molecule has 0 heterocycles. The lowest BCUT2D eigenvalue weighted by atomic mass is 10.0. The van der Waals surface area contributed by atoms with Gasteiger partial charge in [-0.3, -0.25) is 13.8 Å². The number of quaternary nitrogens is 1. The number of unbranched alkanes of at least 4 members (excludes halogenated alkanes) is 29. The third-order valence-corrected chi connectivity index (χ3v) is 15.4. The smallest absolute Gasteiger partial charge is 0.387 e. The quantitative estimate of drug-likeness (QED) is 0.0243. The van der Waals surface area contributed by atoms with E-state index in [1.807, 2.05) is 27.2 Å². The van der Waals surface area contributed by atoms with Crippen LogP contribution in [0, 0.1) is 0 Å². The number of rotatable bonds is 60. The second-order valence-corrected chi connectivity index (χ2v) is 24.9. The summed E-state index contributed by atoms with van der Waals surface area (Å²) in [5.74, 6) is -0.214. The molecule has 3 atom stereocenters. The van der Waals surface area contributed by atoms with Gasteiger partial charge in [-0.1, -0.05) is 296 Å². The number of phosphoric acid groups is 1. The number of nitrogens with zero attached hydrogens (tertiary/aromatic N) is 1. The molecule has 0 saturated carbocycles. The standard InChI is InChI=1S/C72H127N2O6P/c1-6-8-10-12-14-16-18-20-22-24-26-28-30-32-34-36-38-39-41-43-45-47-49-51-53-55-57-59-61-63-65-71(75)70(69-80-81(77,78)79-68-67-74(3,4)5)73-72(76)66-64-62-60-58-56-54-52-50-48-46-44-42-40-37-35-33-31-29-27-25-23-21-19-17-15-13-11-9-7-2/h9,11,15,17,21,23,27,29,33,35,40,42,46,48,52,54-55,57,63,65,70-71,75H,6-8,10,12-14,16,18-20,22,24-26,28,30-32,34,36-39,41,43-45,47,49-51,53,56,58-62,64,66-69H2,1-5H3,(H-,73,76,77,78)/p+1/b11-9-,17-15-,23-21-,29-27-,35-33-,42-40-,48-46-,54-52-,57-55+,65-63+. The van der Waals surface area contributed by atoms with Gasteiger partial charge in [-0.15, -0.1) is 0 Å². The van der Waals surface area contributed by atoms with E-state index in [1.54, 1.807) is 6.08 Å². The highest BCUT2D eigenvalue weighted by Crippen LogP contribution is 2.43. The van der Waals surface area contributed by atoms with Crippen LogP contribution in [0.5, 0.6) is 0 Å². The molecule has 0 radical (unpaired) electrons. The van der Waals surface area contributed by atoms with Gasteiger partial charge >= 0.3 is 7.82 Å². The molecule has 0 aromatic heterocycles. The maximum atomic E-state index is 13.0. The number of aliphatic hydroxyl groups excluding tert-OH is 1. The molecule has 0 aliphatic rings. The van der Waals surface area contributed by atoms with E-state index >= 15 is 0 Å². The van der Waals surface area contributed by atoms with Gasteiger partial charge in [0.1, 0.15) is 13.2 Å². The minimum Gasteiger partial charge on any atom is -0.387 e. The summed E-state index contributed by atoms with van der Waals surface area (Å²) in [5.41, 5.74) is 0. The van der Waals surface area contributed by atoms with Crippen molar-refractivity contribution < 1.29 is 32.9 Å². The minimum atomic E-state index is -4.38. The van der Waals surface area contributed by atoms with Crippen molar-refractivity contribution in [3.8, 4) is 0 Å². The van der Waals surface area contributed by atoms with E-state index in [9.17, 15) is 19.4 Å². The van der Waals surface area contributed by atoms with Crippen molar-refractivity contribution in [3.63, 3.8) is 0 Å². The molecule has 0 fully saturated rings. The zero-order valence-electron chi connectivity index (χ0n) is 53.2. The lowest BCUT2D eigenvalue weighted by Gasteiger charge is -2.25. The average Bonchev–Trinajstić information content (AvgIpc) is 3.43. The Balaban J connectivity index is 4.25. The molecule has 0 aromatic rings. The highest BCUT2D eigenvalue weighted by molar-refractivity contribution is 7.47. The van der Waals surface area contributed by atoms with Gasteiger partial charge in [-0.25, -0.2) is 4.57 Å². The van der Waals surface area contributed by atoms with Crippen LogP contribution in [0.3, 0.4) is 0 Å². The fraction of sp³-hybridized carbons (Fsp3) is 0.708. The fourth-order valence-electron chi connectivity index (χ4n) is 9.25. The van der Waals surface area contributed by atoms with Crippen molar-refractivity contribution in [2.24, 2.45) is 0 Å². The molecule has 3 N–H and O–H groups in total. The lowest BCUT2D eigenvalue weighted by molar-refractivity contribution is -0.870. The number of hydrogen-bond acceptors (Lipinski definition) is 5. The monoisotopic (exact) mass is 1150 g/mol. The molecular weight excluding hydrogens is 1020 g/mol. The maximum absolute atomic E-state index is 13.0. The Morgan fingerprint density at radius 2 is 0.753 bits per heavy atom. The van der Waals surface area contributed by atoms with Crippen LogP contribution in [-0.2, 0) is 18.4 Å². The van der Waals surface area contributed by atoms with Crippen molar-refractivity contribution in [1.29, 1.82) is 0 Å². The SMILES string of the molecule is CC/C=C\C/C=C\C/C=C\C/C=C\C/C=C\C/C=C\C/C=C\C/C=C\CCCCCCC(=O)NC(COP(=O)(O)OCC[N+](C)(C)C)C(O)/C=C/CC/C=C/CCCCCCCCCCCCCCCCCCCCCCCCCC. The first-order chi connectivity index (χ1) is 39.5. The number of likely N-dealkylation sites (N-methyl/N-ethyl adjacent to an activating group) is 1. The number of aliphatic hydroxyl groups is 1. The molecule has 8 nitrogen and oxygen atoms in total. The first-order valence-corrected chi connectivity index (χ1v) is 34.9. The third kappa shape index (κ3) is 64.3. The molecule has 0 rings (SSSR count). The molecule has 1 amide bonds. The van der Waals surface area contributed by atoms with Crippen molar-refractivity contribution >= 4 is 13.7 Å². The molecule has 81 heavy (non-hydrogen) atoms. The third-order valence-electron chi connectivity index (χ3n) is 14.4. The zero-order valence-corrected chi connectivity index (χ0v) is 54.1. The molecular formula is C72H128N2O6P+. The van der Waals surface area contributed by atoms with Crippen LogP contribution in [0.1, 0.15) is 277 Å². The van der Waals surface area contributed by atoms with Gasteiger partial charge < -0.3 is 19.8 Å². The maximum Gasteiger partial charge on any atom is 0.472 e. The van der Waals surface area contributed by atoms with Crippen LogP contribution in [0.25, 0.3) is 0 Å². The predicted octanol–water partition coefficient (Wildman–Crippen LogP) is 21.3. The number of amides is 1. The minimum absolute atomic E-state index is 0.0442. The molecule has 0 bridgehead atoms. The second kappa shape index (κ2) is 61.5. The molecule has 3 unspecified atom stereocenters. The van der Waals surface area contributed by atoms with Crippen molar-refractivity contribution in [2.45, 2.75) is 289 Å². The first-order valence-electron chi connectivity index (χ1n) is 33.4. The first kappa shape index (κ1) is 77.9. The summed E-state index contributed by atoms with van der Waals surface area (Å²) < 4.78 is 23.8. The highest BCUT2D eigenvalue weighted by Gasteiger charge is 2.27. The Bertz CT molecular complexity index is 1730. The predicted molar refractivity (Wildman–Crippen MR) is 355 cm³/mol.